The summed E-state index contributed by atoms with van der Waals surface area (Å²) in [5.74, 6) is 0.0363. The zero-order valence-electron chi connectivity index (χ0n) is 21.7. The molecule has 0 aromatic rings. The number of fused-ring (bicyclic) bond motifs is 2. The summed E-state index contributed by atoms with van der Waals surface area (Å²) >= 11 is 0. The second-order valence-electron chi connectivity index (χ2n) is 13.5. The molecule has 4 aliphatic carbocycles. The van der Waals surface area contributed by atoms with E-state index in [2.05, 4.69) is 27.7 Å². The molecule has 2 amide bonds. The van der Waals surface area contributed by atoms with Gasteiger partial charge in [-0.1, -0.05) is 39.8 Å². The second kappa shape index (κ2) is 7.16. The van der Waals surface area contributed by atoms with Crippen LogP contribution in [-0.4, -0.2) is 60.8 Å². The van der Waals surface area contributed by atoms with Crippen molar-refractivity contribution in [3.63, 3.8) is 0 Å². The highest BCUT2D eigenvalue weighted by Crippen LogP contribution is 2.71. The Kier molecular flexibility index (Phi) is 4.95. The molecule has 36 heavy (non-hydrogen) atoms. The van der Waals surface area contributed by atoms with Crippen LogP contribution in [0.1, 0.15) is 79.1 Å². The van der Waals surface area contributed by atoms with E-state index < -0.39 is 31.9 Å². The Bertz CT molecular complexity index is 1190. The molecule has 10 heteroatoms. The molecule has 4 bridgehead atoms. The van der Waals surface area contributed by atoms with Crippen molar-refractivity contribution in [1.29, 1.82) is 0 Å². The van der Waals surface area contributed by atoms with Crippen LogP contribution < -0.4 is 0 Å². The molecule has 200 valence electrons. The van der Waals surface area contributed by atoms with Crippen LogP contribution in [0.15, 0.2) is 12.2 Å². The van der Waals surface area contributed by atoms with Crippen molar-refractivity contribution < 1.29 is 26.4 Å². The van der Waals surface area contributed by atoms with E-state index in [1.54, 1.807) is 0 Å². The van der Waals surface area contributed by atoms with Gasteiger partial charge in [-0.3, -0.25) is 9.59 Å². The molecule has 0 aromatic carbocycles. The van der Waals surface area contributed by atoms with E-state index in [1.165, 1.54) is 12.2 Å². The van der Waals surface area contributed by atoms with E-state index in [9.17, 15) is 26.4 Å². The van der Waals surface area contributed by atoms with E-state index in [1.807, 2.05) is 0 Å². The largest absolute Gasteiger partial charge is 0.273 e. The number of carbonyl (C=O) groups is 2. The lowest BCUT2D eigenvalue weighted by Crippen LogP contribution is -2.44. The average molecular weight is 539 g/mol. The van der Waals surface area contributed by atoms with Gasteiger partial charge < -0.3 is 0 Å². The molecule has 4 saturated carbocycles. The number of carbonyl (C=O) groups excluding carboxylic acids is 2. The van der Waals surface area contributed by atoms with Crippen molar-refractivity contribution in [2.24, 2.45) is 33.5 Å². The van der Waals surface area contributed by atoms with Gasteiger partial charge in [-0.15, -0.1) is 0 Å². The van der Waals surface area contributed by atoms with Gasteiger partial charge in [0.05, 0.1) is 23.6 Å². The van der Waals surface area contributed by atoms with Crippen LogP contribution in [0.25, 0.3) is 0 Å². The van der Waals surface area contributed by atoms with Crippen molar-refractivity contribution in [3.8, 4) is 0 Å². The van der Waals surface area contributed by atoms with E-state index >= 15 is 0 Å². The van der Waals surface area contributed by atoms with E-state index in [-0.39, 0.29) is 58.1 Å². The van der Waals surface area contributed by atoms with Crippen molar-refractivity contribution >= 4 is 31.9 Å². The topological polar surface area (TPSA) is 109 Å². The summed E-state index contributed by atoms with van der Waals surface area (Å²) < 4.78 is 54.5. The van der Waals surface area contributed by atoms with E-state index in [0.717, 1.165) is 47.1 Å². The summed E-state index contributed by atoms with van der Waals surface area (Å²) in [6.45, 7) is 8.59. The number of rotatable bonds is 4. The van der Waals surface area contributed by atoms with Gasteiger partial charge in [0.25, 0.3) is 0 Å². The highest BCUT2D eigenvalue weighted by Gasteiger charge is 2.73. The Balaban J connectivity index is 1.13. The van der Waals surface area contributed by atoms with Gasteiger partial charge in [0.1, 0.15) is 0 Å². The SMILES string of the molecule is CC1(C)C2CCC13CS(=O)(=O)N(C(=O)C/C=C/CC(=O)N1[C@H]4CC5CCC4(CS1(=O)=O)C5(C)C)[C@H]3C2. The minimum Gasteiger partial charge on any atom is -0.273 e. The normalized spacial score (nSPS) is 43.9. The molecule has 2 heterocycles. The lowest BCUT2D eigenvalue weighted by Gasteiger charge is -2.37. The monoisotopic (exact) mass is 538 g/mol. The molecule has 6 rings (SSSR count). The van der Waals surface area contributed by atoms with Crippen LogP contribution in [0.4, 0.5) is 0 Å². The smallest absolute Gasteiger partial charge is 0.240 e. The zero-order valence-corrected chi connectivity index (χ0v) is 23.3. The Morgan fingerprint density at radius 3 is 1.42 bits per heavy atom. The fourth-order valence-corrected chi connectivity index (χ4v) is 14.9. The molecule has 0 N–H and O–H groups in total. The summed E-state index contributed by atoms with van der Waals surface area (Å²) in [6.07, 6.45) is 8.01. The third-order valence-electron chi connectivity index (χ3n) is 12.1. The molecule has 4 unspecified atom stereocenters. The molecule has 2 aliphatic heterocycles. The lowest BCUT2D eigenvalue weighted by molar-refractivity contribution is -0.129. The van der Waals surface area contributed by atoms with Crippen LogP contribution in [-0.2, 0) is 29.6 Å². The number of amides is 2. The van der Waals surface area contributed by atoms with Crippen LogP contribution in [0, 0.1) is 33.5 Å². The highest BCUT2D eigenvalue weighted by atomic mass is 32.2. The summed E-state index contributed by atoms with van der Waals surface area (Å²) in [4.78, 5) is 26.2. The molecule has 0 radical (unpaired) electrons. The van der Waals surface area contributed by atoms with E-state index in [0.29, 0.717) is 11.8 Å². The first-order valence-corrected chi connectivity index (χ1v) is 16.6. The maximum Gasteiger partial charge on any atom is 0.240 e. The van der Waals surface area contributed by atoms with Crippen molar-refractivity contribution in [2.75, 3.05) is 11.5 Å². The predicted octanol–water partition coefficient (Wildman–Crippen LogP) is 3.06. The lowest BCUT2D eigenvalue weighted by atomic mass is 9.69. The minimum atomic E-state index is -3.67. The molecule has 0 aromatic heterocycles. The van der Waals surface area contributed by atoms with Crippen LogP contribution in [0.2, 0.25) is 0 Å². The van der Waals surface area contributed by atoms with Crippen molar-refractivity contribution in [1.82, 2.24) is 8.61 Å². The third-order valence-corrected chi connectivity index (χ3v) is 15.9. The zero-order chi connectivity index (χ0) is 26.1. The number of sulfonamides is 2. The van der Waals surface area contributed by atoms with Gasteiger partial charge >= 0.3 is 0 Å². The molecular formula is C26H38N2O6S2. The van der Waals surface area contributed by atoms with Gasteiger partial charge in [-0.25, -0.2) is 25.4 Å². The number of hydrogen-bond acceptors (Lipinski definition) is 6. The van der Waals surface area contributed by atoms with Gasteiger partial charge in [0.15, 0.2) is 0 Å². The van der Waals surface area contributed by atoms with Crippen molar-refractivity contribution in [3.05, 3.63) is 12.2 Å². The fraction of sp³-hybridized carbons (Fsp3) is 0.846. The molecule has 6 fully saturated rings. The van der Waals surface area contributed by atoms with Gasteiger partial charge in [0.2, 0.25) is 31.9 Å². The minimum absolute atomic E-state index is 0.0371. The third kappa shape index (κ3) is 2.81. The molecule has 6 atom stereocenters. The Morgan fingerprint density at radius 2 is 1.08 bits per heavy atom. The second-order valence-corrected chi connectivity index (χ2v) is 17.2. The molecule has 6 aliphatic rings. The van der Waals surface area contributed by atoms with Crippen molar-refractivity contribution in [2.45, 2.75) is 91.1 Å². The van der Waals surface area contributed by atoms with Gasteiger partial charge in [0, 0.05) is 23.7 Å². The first kappa shape index (κ1) is 24.9. The van der Waals surface area contributed by atoms with Crippen LogP contribution in [0.5, 0.6) is 0 Å². The highest BCUT2D eigenvalue weighted by molar-refractivity contribution is 7.90. The quantitative estimate of drug-likeness (QED) is 0.509. The molecule has 2 spiro atoms. The average Bonchev–Trinajstić information content (AvgIpc) is 3.45. The molecule has 2 saturated heterocycles. The molecular weight excluding hydrogens is 500 g/mol. The Labute approximate surface area is 215 Å². The maximum atomic E-state index is 13.1. The van der Waals surface area contributed by atoms with Crippen LogP contribution >= 0.6 is 0 Å². The first-order valence-electron chi connectivity index (χ1n) is 13.4. The summed E-state index contributed by atoms with van der Waals surface area (Å²) in [7, 11) is -7.35. The Hall–Kier alpha value is -1.42. The summed E-state index contributed by atoms with van der Waals surface area (Å²) in [5, 5.41) is 0. The number of nitrogens with zero attached hydrogens (tertiary/aromatic N) is 2. The summed E-state index contributed by atoms with van der Waals surface area (Å²) in [5.41, 5.74) is -0.926. The van der Waals surface area contributed by atoms with Gasteiger partial charge in [-0.05, 0) is 61.2 Å². The summed E-state index contributed by atoms with van der Waals surface area (Å²) in [6, 6.07) is -0.545. The Morgan fingerprint density at radius 1 is 0.722 bits per heavy atom. The molecule has 8 nitrogen and oxygen atoms in total. The number of hydrogen-bond donors (Lipinski definition) is 0. The van der Waals surface area contributed by atoms with E-state index in [4.69, 9.17) is 0 Å². The van der Waals surface area contributed by atoms with Gasteiger partial charge in [-0.2, -0.15) is 0 Å². The fourth-order valence-electron chi connectivity index (χ4n) is 9.78. The maximum absolute atomic E-state index is 13.1. The standard InChI is InChI=1S/C26H38N2O6S2/c1-23(2)17-9-11-25(23)15-35(31,32)27(19(25)13-17)21(29)7-5-6-8-22(30)28-20-14-18-10-12-26(20,24(18,3)4)16-36(28,33)34/h5-6,17-20H,7-16H2,1-4H3/b6-5+/t17?,18?,19-,20-,25?,26?/m0/s1. The van der Waals surface area contributed by atoms with Crippen LogP contribution in [0.3, 0.4) is 0 Å². The first-order chi connectivity index (χ1) is 16.6. The predicted molar refractivity (Wildman–Crippen MR) is 134 cm³/mol.